The first-order chi connectivity index (χ1) is 15.1. The van der Waals surface area contributed by atoms with Crippen molar-refractivity contribution < 1.29 is 38.1 Å². The number of benzene rings is 1. The predicted octanol–water partition coefficient (Wildman–Crippen LogP) is 2.15. The van der Waals surface area contributed by atoms with Gasteiger partial charge in [0, 0.05) is 37.7 Å². The van der Waals surface area contributed by atoms with E-state index in [2.05, 4.69) is 27.9 Å². The molecule has 3 rings (SSSR count). The van der Waals surface area contributed by atoms with Gasteiger partial charge in [-0.15, -0.1) is 0 Å². The van der Waals surface area contributed by atoms with Gasteiger partial charge < -0.3 is 33.7 Å². The van der Waals surface area contributed by atoms with Crippen LogP contribution in [0.4, 0.5) is 5.69 Å². The molecule has 7 atom stereocenters. The van der Waals surface area contributed by atoms with Gasteiger partial charge in [0.25, 0.3) is 5.69 Å². The molecular formula is C20H27IN2O9. The van der Waals surface area contributed by atoms with Gasteiger partial charge in [-0.1, -0.05) is 22.6 Å². The number of nitrogens with one attached hydrogen (secondary N) is 1. The monoisotopic (exact) mass is 566 g/mol. The van der Waals surface area contributed by atoms with Crippen LogP contribution in [0.2, 0.25) is 0 Å². The highest BCUT2D eigenvalue weighted by Crippen LogP contribution is 2.44. The maximum atomic E-state index is 12.0. The van der Waals surface area contributed by atoms with Crippen LogP contribution < -0.4 is 10.1 Å². The van der Waals surface area contributed by atoms with Crippen LogP contribution in [0.25, 0.3) is 0 Å². The Morgan fingerprint density at radius 2 is 1.72 bits per heavy atom. The van der Waals surface area contributed by atoms with Crippen LogP contribution in [-0.2, 0) is 28.5 Å². The molecule has 12 heteroatoms. The Balaban J connectivity index is 1.94. The molecule has 2 fully saturated rings. The van der Waals surface area contributed by atoms with E-state index in [-0.39, 0.29) is 11.6 Å². The van der Waals surface area contributed by atoms with Crippen molar-refractivity contribution in [1.82, 2.24) is 5.32 Å². The highest BCUT2D eigenvalue weighted by atomic mass is 127. The Kier molecular flexibility index (Phi) is 7.62. The highest BCUT2D eigenvalue weighted by Gasteiger charge is 2.62. The lowest BCUT2D eigenvalue weighted by Crippen LogP contribution is -2.75. The fourth-order valence-electron chi connectivity index (χ4n) is 3.78. The lowest BCUT2D eigenvalue weighted by Gasteiger charge is -2.57. The number of rotatable bonds is 7. The van der Waals surface area contributed by atoms with Gasteiger partial charge in [0.15, 0.2) is 0 Å². The molecule has 2 aliphatic heterocycles. The van der Waals surface area contributed by atoms with E-state index in [0.717, 1.165) is 0 Å². The number of ether oxygens (including phenoxy) is 6. The molecule has 11 nitrogen and oxygen atoms in total. The molecular weight excluding hydrogens is 539 g/mol. The number of amides is 1. The first-order valence-electron chi connectivity index (χ1n) is 9.93. The number of nitro benzene ring substituents is 1. The zero-order valence-corrected chi connectivity index (χ0v) is 20.6. The van der Waals surface area contributed by atoms with E-state index in [1.54, 1.807) is 13.8 Å². The van der Waals surface area contributed by atoms with Crippen LogP contribution in [0, 0.1) is 10.1 Å². The number of nitrogens with zero attached hydrogens (tertiary/aromatic N) is 1. The normalized spacial score (nSPS) is 36.8. The number of non-ortho nitro benzene ring substituents is 1. The Morgan fingerprint density at radius 1 is 1.16 bits per heavy atom. The van der Waals surface area contributed by atoms with Crippen molar-refractivity contribution >= 4 is 34.2 Å². The largest absolute Gasteiger partial charge is 0.463 e. The summed E-state index contributed by atoms with van der Waals surface area (Å²) in [6.45, 7) is 4.78. The molecule has 0 radical (unpaired) electrons. The van der Waals surface area contributed by atoms with Gasteiger partial charge in [-0.05, 0) is 26.0 Å². The third-order valence-electron chi connectivity index (χ3n) is 5.79. The summed E-state index contributed by atoms with van der Waals surface area (Å²) in [5, 5.41) is 13.8. The molecule has 2 saturated heterocycles. The standard InChI is InChI=1S/C20H27IN2O9/c1-11(24)22-15-17-16(31-19(2,27-4)20(3,28-5)32-17)14(10-21)30-18(15)29-13-8-6-12(7-9-13)23(25)26/h6-9,14-18H,10H2,1-5H3,(H,22,24)/t14-,15-,16-,17-,18-,19+,20+/m1/s1. The first kappa shape index (κ1) is 25.1. The number of hydrogen-bond donors (Lipinski definition) is 1. The van der Waals surface area contributed by atoms with Gasteiger partial charge in [-0.3, -0.25) is 14.9 Å². The van der Waals surface area contributed by atoms with E-state index in [1.807, 2.05) is 0 Å². The quantitative estimate of drug-likeness (QED) is 0.229. The Hall–Kier alpha value is -1.58. The third kappa shape index (κ3) is 4.70. The molecule has 0 spiro atoms. The number of nitro groups is 1. The van der Waals surface area contributed by atoms with Gasteiger partial charge in [0.1, 0.15) is 24.0 Å². The average molecular weight is 566 g/mol. The minimum absolute atomic E-state index is 0.0655. The minimum atomic E-state index is -1.29. The molecule has 1 amide bonds. The minimum Gasteiger partial charge on any atom is -0.463 e. The summed E-state index contributed by atoms with van der Waals surface area (Å²) < 4.78 is 36.6. The third-order valence-corrected chi connectivity index (χ3v) is 6.66. The maximum absolute atomic E-state index is 12.0. The zero-order valence-electron chi connectivity index (χ0n) is 18.4. The molecule has 2 aliphatic rings. The maximum Gasteiger partial charge on any atom is 0.269 e. The van der Waals surface area contributed by atoms with Crippen LogP contribution in [0.15, 0.2) is 24.3 Å². The molecule has 1 aromatic carbocycles. The number of carbonyl (C=O) groups excluding carboxylic acids is 1. The van der Waals surface area contributed by atoms with Gasteiger partial charge in [0.05, 0.1) is 11.0 Å². The summed E-state index contributed by atoms with van der Waals surface area (Å²) in [7, 11) is 2.98. The van der Waals surface area contributed by atoms with E-state index < -0.39 is 47.1 Å². The van der Waals surface area contributed by atoms with E-state index in [1.165, 1.54) is 45.4 Å². The average Bonchev–Trinajstić information content (AvgIpc) is 2.76. The van der Waals surface area contributed by atoms with Gasteiger partial charge in [-0.2, -0.15) is 0 Å². The second-order valence-corrected chi connectivity index (χ2v) is 8.64. The molecule has 1 N–H and O–H groups in total. The number of carbonyl (C=O) groups is 1. The highest BCUT2D eigenvalue weighted by molar-refractivity contribution is 14.1. The summed E-state index contributed by atoms with van der Waals surface area (Å²) in [4.78, 5) is 22.4. The molecule has 0 saturated carbocycles. The van der Waals surface area contributed by atoms with Crippen LogP contribution in [-0.4, -0.2) is 71.7 Å². The van der Waals surface area contributed by atoms with Crippen molar-refractivity contribution in [2.75, 3.05) is 18.6 Å². The second-order valence-electron chi connectivity index (χ2n) is 7.76. The lowest BCUT2D eigenvalue weighted by atomic mass is 9.92. The Morgan fingerprint density at radius 3 is 2.19 bits per heavy atom. The van der Waals surface area contributed by atoms with E-state index >= 15 is 0 Å². The molecule has 32 heavy (non-hydrogen) atoms. The summed E-state index contributed by atoms with van der Waals surface area (Å²) in [5.74, 6) is -2.49. The molecule has 1 aromatic rings. The van der Waals surface area contributed by atoms with Crippen LogP contribution >= 0.6 is 22.6 Å². The van der Waals surface area contributed by atoms with Crippen molar-refractivity contribution in [2.45, 2.75) is 63.0 Å². The van der Waals surface area contributed by atoms with Crippen molar-refractivity contribution in [3.8, 4) is 5.75 Å². The lowest BCUT2D eigenvalue weighted by molar-refractivity contribution is -0.468. The number of halogens is 1. The number of methoxy groups -OCH3 is 2. The summed E-state index contributed by atoms with van der Waals surface area (Å²) >= 11 is 2.17. The number of alkyl halides is 1. The number of fused-ring (bicyclic) bond motifs is 1. The van der Waals surface area contributed by atoms with Crippen LogP contribution in [0.1, 0.15) is 20.8 Å². The van der Waals surface area contributed by atoms with E-state index in [4.69, 9.17) is 28.4 Å². The van der Waals surface area contributed by atoms with Gasteiger partial charge >= 0.3 is 0 Å². The molecule has 0 aliphatic carbocycles. The molecule has 2 heterocycles. The number of hydrogen-bond acceptors (Lipinski definition) is 9. The van der Waals surface area contributed by atoms with Gasteiger partial charge in [0.2, 0.25) is 23.8 Å². The summed E-state index contributed by atoms with van der Waals surface area (Å²) in [6.07, 6.45) is -2.68. The van der Waals surface area contributed by atoms with Gasteiger partial charge in [-0.25, -0.2) is 0 Å². The molecule has 0 aromatic heterocycles. The molecule has 178 valence electrons. The fourth-order valence-corrected chi connectivity index (χ4v) is 4.49. The van der Waals surface area contributed by atoms with Crippen molar-refractivity contribution in [3.05, 3.63) is 34.4 Å². The Bertz CT molecular complexity index is 841. The molecule has 0 bridgehead atoms. The van der Waals surface area contributed by atoms with Crippen molar-refractivity contribution in [2.24, 2.45) is 0 Å². The Labute approximate surface area is 199 Å². The first-order valence-corrected chi connectivity index (χ1v) is 11.5. The smallest absolute Gasteiger partial charge is 0.269 e. The fraction of sp³-hybridized carbons (Fsp3) is 0.650. The predicted molar refractivity (Wildman–Crippen MR) is 119 cm³/mol. The second kappa shape index (κ2) is 9.73. The van der Waals surface area contributed by atoms with E-state index in [9.17, 15) is 14.9 Å². The van der Waals surface area contributed by atoms with E-state index in [0.29, 0.717) is 10.2 Å². The zero-order chi connectivity index (χ0) is 23.7. The summed E-state index contributed by atoms with van der Waals surface area (Å²) in [6, 6.07) is 4.84. The summed E-state index contributed by atoms with van der Waals surface area (Å²) in [5.41, 5.74) is -0.0655. The van der Waals surface area contributed by atoms with Crippen LogP contribution in [0.3, 0.4) is 0 Å². The molecule has 0 unspecified atom stereocenters. The van der Waals surface area contributed by atoms with Crippen molar-refractivity contribution in [3.63, 3.8) is 0 Å². The topological polar surface area (TPSA) is 128 Å². The van der Waals surface area contributed by atoms with Crippen LogP contribution in [0.5, 0.6) is 5.75 Å². The SMILES string of the molecule is CO[C@@]1(C)O[C@@H]2[C@@H](NC(C)=O)[C@H](Oc3ccc([N+](=O)[O-])cc3)O[C@H](CI)[C@H]2O[C@]1(C)OC. The van der Waals surface area contributed by atoms with Crippen molar-refractivity contribution in [1.29, 1.82) is 0 Å².